The molecule has 1 aromatic rings. The number of benzene rings is 1. The molecule has 0 aromatic heterocycles. The average molecular weight is 232 g/mol. The van der Waals surface area contributed by atoms with Crippen molar-refractivity contribution in [1.82, 2.24) is 0 Å². The average Bonchev–Trinajstić information content (AvgIpc) is 2.14. The molecule has 76 valence electrons. The first kappa shape index (κ1) is 11.4. The van der Waals surface area contributed by atoms with Gasteiger partial charge < -0.3 is 5.73 Å². The normalized spacial score (nSPS) is 11.1. The van der Waals surface area contributed by atoms with Gasteiger partial charge in [-0.2, -0.15) is 0 Å². The largest absolute Gasteiger partial charge is 0.396 e. The molecule has 0 aliphatic rings. The summed E-state index contributed by atoms with van der Waals surface area (Å²) in [6, 6.07) is 2.81. The van der Waals surface area contributed by atoms with Crippen LogP contribution in [-0.2, 0) is 0 Å². The fourth-order valence-corrected chi connectivity index (χ4v) is 2.08. The molecular formula is C10H11ClFNS. The van der Waals surface area contributed by atoms with Crippen LogP contribution in [0.1, 0.15) is 6.92 Å². The van der Waals surface area contributed by atoms with Gasteiger partial charge in [0.2, 0.25) is 0 Å². The van der Waals surface area contributed by atoms with Crippen LogP contribution >= 0.6 is 23.4 Å². The van der Waals surface area contributed by atoms with Crippen LogP contribution in [0.25, 0.3) is 0 Å². The van der Waals surface area contributed by atoms with E-state index in [1.165, 1.54) is 17.8 Å². The van der Waals surface area contributed by atoms with Gasteiger partial charge in [0, 0.05) is 10.6 Å². The second-order valence-corrected chi connectivity index (χ2v) is 4.15. The van der Waals surface area contributed by atoms with Crippen LogP contribution < -0.4 is 5.73 Å². The maximum atomic E-state index is 12.9. The van der Waals surface area contributed by atoms with Gasteiger partial charge in [-0.25, -0.2) is 4.39 Å². The van der Waals surface area contributed by atoms with Gasteiger partial charge in [-0.15, -0.1) is 11.8 Å². The number of allylic oxidation sites excluding steroid dienone is 1. The zero-order valence-electron chi connectivity index (χ0n) is 7.76. The lowest BCUT2D eigenvalue weighted by Crippen LogP contribution is -1.91. The third kappa shape index (κ3) is 2.93. The molecule has 4 heteroatoms. The number of hydrogen-bond acceptors (Lipinski definition) is 2. The van der Waals surface area contributed by atoms with Gasteiger partial charge in [-0.05, 0) is 19.1 Å². The molecule has 0 unspecified atom stereocenters. The Morgan fingerprint density at radius 2 is 2.29 bits per heavy atom. The quantitative estimate of drug-likeness (QED) is 0.487. The molecule has 0 atom stereocenters. The fourth-order valence-electron chi connectivity index (χ4n) is 0.890. The molecule has 2 N–H and O–H groups in total. The van der Waals surface area contributed by atoms with Crippen molar-refractivity contribution in [1.29, 1.82) is 0 Å². The topological polar surface area (TPSA) is 26.0 Å². The summed E-state index contributed by atoms with van der Waals surface area (Å²) in [5.74, 6) is 0.340. The van der Waals surface area contributed by atoms with Crippen LogP contribution in [0.4, 0.5) is 10.1 Å². The van der Waals surface area contributed by atoms with Crippen molar-refractivity contribution in [2.24, 2.45) is 0 Å². The van der Waals surface area contributed by atoms with E-state index in [9.17, 15) is 4.39 Å². The Morgan fingerprint density at radius 1 is 1.57 bits per heavy atom. The molecule has 1 aromatic carbocycles. The Hall–Kier alpha value is -0.670. The molecule has 0 saturated heterocycles. The number of rotatable bonds is 3. The molecule has 1 nitrogen and oxygen atoms in total. The zero-order chi connectivity index (χ0) is 10.6. The standard InChI is InChI=1S/C10H11ClFNS/c1-2-3-4-14-10-6-9(13)8(12)5-7(10)11/h2-3,5-6H,4,13H2,1H3/b3-2+. The minimum Gasteiger partial charge on any atom is -0.396 e. The van der Waals surface area contributed by atoms with Crippen LogP contribution in [0.5, 0.6) is 0 Å². The van der Waals surface area contributed by atoms with E-state index >= 15 is 0 Å². The first-order chi connectivity index (χ1) is 6.65. The third-order valence-corrected chi connectivity index (χ3v) is 3.05. The molecular weight excluding hydrogens is 221 g/mol. The van der Waals surface area contributed by atoms with Gasteiger partial charge in [0.15, 0.2) is 0 Å². The van der Waals surface area contributed by atoms with Crippen LogP contribution in [0, 0.1) is 5.82 Å². The summed E-state index contributed by atoms with van der Waals surface area (Å²) in [6.07, 6.45) is 3.95. The van der Waals surface area contributed by atoms with Crippen molar-refractivity contribution in [3.8, 4) is 0 Å². The Kier molecular flexibility index (Phi) is 4.29. The van der Waals surface area contributed by atoms with Crippen molar-refractivity contribution < 1.29 is 4.39 Å². The van der Waals surface area contributed by atoms with Crippen molar-refractivity contribution >= 4 is 29.1 Å². The van der Waals surface area contributed by atoms with Gasteiger partial charge in [0.25, 0.3) is 0 Å². The number of nitrogens with two attached hydrogens (primary N) is 1. The predicted molar refractivity (Wildman–Crippen MR) is 61.4 cm³/mol. The van der Waals surface area contributed by atoms with Gasteiger partial charge in [-0.1, -0.05) is 23.8 Å². The highest BCUT2D eigenvalue weighted by Crippen LogP contribution is 2.30. The molecule has 0 amide bonds. The summed E-state index contributed by atoms with van der Waals surface area (Å²) in [6.45, 7) is 1.95. The number of halogens is 2. The maximum absolute atomic E-state index is 12.9. The van der Waals surface area contributed by atoms with Gasteiger partial charge in [0.1, 0.15) is 5.82 Å². The Labute approximate surface area is 92.1 Å². The van der Waals surface area contributed by atoms with E-state index in [1.807, 2.05) is 19.1 Å². The van der Waals surface area contributed by atoms with Crippen LogP contribution in [0.3, 0.4) is 0 Å². The smallest absolute Gasteiger partial charge is 0.147 e. The second kappa shape index (κ2) is 5.27. The molecule has 0 heterocycles. The van der Waals surface area contributed by atoms with E-state index in [-0.39, 0.29) is 5.69 Å². The van der Waals surface area contributed by atoms with Crippen molar-refractivity contribution in [2.75, 3.05) is 11.5 Å². The van der Waals surface area contributed by atoms with E-state index in [2.05, 4.69) is 0 Å². The van der Waals surface area contributed by atoms with Crippen LogP contribution in [0.2, 0.25) is 5.02 Å². The number of anilines is 1. The molecule has 0 aliphatic heterocycles. The number of thioether (sulfide) groups is 1. The second-order valence-electron chi connectivity index (χ2n) is 2.68. The molecule has 0 radical (unpaired) electrons. The molecule has 0 fully saturated rings. The number of hydrogen-bond donors (Lipinski definition) is 1. The Balaban J connectivity index is 2.81. The fraction of sp³-hybridized carbons (Fsp3) is 0.200. The Bertz CT molecular complexity index is 352. The van der Waals surface area contributed by atoms with Crippen molar-refractivity contribution in [3.05, 3.63) is 35.1 Å². The van der Waals surface area contributed by atoms with Crippen molar-refractivity contribution in [3.63, 3.8) is 0 Å². The highest BCUT2D eigenvalue weighted by Gasteiger charge is 2.05. The minimum absolute atomic E-state index is 0.136. The molecule has 0 saturated carbocycles. The SMILES string of the molecule is C/C=C/CSc1cc(N)c(F)cc1Cl. The van der Waals surface area contributed by atoms with E-state index in [4.69, 9.17) is 17.3 Å². The lowest BCUT2D eigenvalue weighted by molar-refractivity contribution is 0.631. The maximum Gasteiger partial charge on any atom is 0.147 e. The highest BCUT2D eigenvalue weighted by molar-refractivity contribution is 7.99. The summed E-state index contributed by atoms with van der Waals surface area (Å²) >= 11 is 7.37. The third-order valence-electron chi connectivity index (χ3n) is 1.62. The summed E-state index contributed by atoms with van der Waals surface area (Å²) in [4.78, 5) is 0.809. The van der Waals surface area contributed by atoms with Crippen molar-refractivity contribution in [2.45, 2.75) is 11.8 Å². The first-order valence-corrected chi connectivity index (χ1v) is 5.50. The van der Waals surface area contributed by atoms with Gasteiger partial charge in [0.05, 0.1) is 10.7 Å². The lowest BCUT2D eigenvalue weighted by Gasteiger charge is -2.04. The van der Waals surface area contributed by atoms with Crippen LogP contribution in [-0.4, -0.2) is 5.75 Å². The molecule has 0 spiro atoms. The van der Waals surface area contributed by atoms with Gasteiger partial charge >= 0.3 is 0 Å². The van der Waals surface area contributed by atoms with Crippen LogP contribution in [0.15, 0.2) is 29.2 Å². The lowest BCUT2D eigenvalue weighted by atomic mass is 10.3. The summed E-state index contributed by atoms with van der Waals surface area (Å²) < 4.78 is 12.9. The molecule has 1 rings (SSSR count). The van der Waals surface area contributed by atoms with Gasteiger partial charge in [-0.3, -0.25) is 0 Å². The highest BCUT2D eigenvalue weighted by atomic mass is 35.5. The minimum atomic E-state index is -0.467. The predicted octanol–water partition coefficient (Wildman–Crippen LogP) is 3.73. The van der Waals surface area contributed by atoms with E-state index in [0.717, 1.165) is 10.6 Å². The summed E-state index contributed by atoms with van der Waals surface area (Å²) in [7, 11) is 0. The summed E-state index contributed by atoms with van der Waals surface area (Å²) in [5.41, 5.74) is 5.57. The number of nitrogen functional groups attached to an aromatic ring is 1. The monoisotopic (exact) mass is 231 g/mol. The van der Waals surface area contributed by atoms with E-state index in [1.54, 1.807) is 6.07 Å². The van der Waals surface area contributed by atoms with E-state index in [0.29, 0.717) is 5.02 Å². The molecule has 0 aliphatic carbocycles. The molecule has 14 heavy (non-hydrogen) atoms. The molecule has 0 bridgehead atoms. The van der Waals surface area contributed by atoms with E-state index < -0.39 is 5.82 Å². The summed E-state index contributed by atoms with van der Waals surface area (Å²) in [5, 5.41) is 0.409. The zero-order valence-corrected chi connectivity index (χ0v) is 9.33. The first-order valence-electron chi connectivity index (χ1n) is 4.13. The Morgan fingerprint density at radius 3 is 2.93 bits per heavy atom.